The minimum Gasteiger partial charge on any atom is -0.480 e. The van der Waals surface area contributed by atoms with E-state index in [1.54, 1.807) is 0 Å². The maximum atomic E-state index is 12.5. The van der Waals surface area contributed by atoms with Gasteiger partial charge in [-0.25, -0.2) is 9.59 Å². The first-order valence-electron chi connectivity index (χ1n) is 11.1. The Balaban J connectivity index is 1.29. The number of carbonyl (C=O) groups is 3. The average Bonchev–Trinajstić information content (AvgIpc) is 3.44. The Kier molecular flexibility index (Phi) is 6.93. The third kappa shape index (κ3) is 4.85. The van der Waals surface area contributed by atoms with Crippen LogP contribution in [0.25, 0.3) is 11.1 Å². The summed E-state index contributed by atoms with van der Waals surface area (Å²) in [4.78, 5) is 37.6. The highest BCUT2D eigenvalue weighted by Gasteiger charge is 2.35. The molecule has 2 aliphatic rings. The summed E-state index contributed by atoms with van der Waals surface area (Å²) in [6, 6.07) is 15.4. The van der Waals surface area contributed by atoms with E-state index < -0.39 is 24.2 Å². The van der Waals surface area contributed by atoms with Crippen LogP contribution in [0.3, 0.4) is 0 Å². The number of benzene rings is 2. The number of carboxylic acids is 1. The Morgan fingerprint density at radius 2 is 1.73 bits per heavy atom. The van der Waals surface area contributed by atoms with Gasteiger partial charge in [0, 0.05) is 26.1 Å². The van der Waals surface area contributed by atoms with Crippen LogP contribution in [0.1, 0.15) is 36.3 Å². The van der Waals surface area contributed by atoms with Gasteiger partial charge in [0.15, 0.2) is 0 Å². The van der Waals surface area contributed by atoms with Gasteiger partial charge in [0.05, 0.1) is 12.5 Å². The van der Waals surface area contributed by atoms with E-state index in [4.69, 9.17) is 9.47 Å². The van der Waals surface area contributed by atoms with Gasteiger partial charge in [0.1, 0.15) is 12.6 Å². The van der Waals surface area contributed by atoms with Crippen molar-refractivity contribution < 1.29 is 29.0 Å². The highest BCUT2D eigenvalue weighted by Crippen LogP contribution is 2.44. The summed E-state index contributed by atoms with van der Waals surface area (Å²) in [7, 11) is 1.45. The lowest BCUT2D eigenvalue weighted by Gasteiger charge is -2.24. The second kappa shape index (κ2) is 10.0. The number of likely N-dealkylation sites (tertiary alicyclic amines) is 1. The SMILES string of the molecule is COC(CNC(=O)OCC1c2ccccc2-c2ccccc21)CC(=O)N1CCC[C@H]1C(=O)O. The molecule has 174 valence electrons. The van der Waals surface area contributed by atoms with Crippen LogP contribution in [0.2, 0.25) is 0 Å². The Bertz CT molecular complexity index is 994. The van der Waals surface area contributed by atoms with Crippen molar-refractivity contribution in [3.05, 3.63) is 59.7 Å². The lowest BCUT2D eigenvalue weighted by molar-refractivity contribution is -0.149. The summed E-state index contributed by atoms with van der Waals surface area (Å²) in [5.41, 5.74) is 4.57. The number of hydrogen-bond acceptors (Lipinski definition) is 5. The fourth-order valence-corrected chi connectivity index (χ4v) is 4.72. The molecule has 1 unspecified atom stereocenters. The normalized spacial score (nSPS) is 17.8. The zero-order valence-corrected chi connectivity index (χ0v) is 18.5. The van der Waals surface area contributed by atoms with Crippen LogP contribution in [0.15, 0.2) is 48.5 Å². The van der Waals surface area contributed by atoms with Crippen LogP contribution in [0, 0.1) is 0 Å². The minimum atomic E-state index is -0.994. The first kappa shape index (κ1) is 22.8. The number of amides is 2. The zero-order chi connectivity index (χ0) is 23.4. The Morgan fingerprint density at radius 3 is 2.33 bits per heavy atom. The molecule has 1 aliphatic heterocycles. The smallest absolute Gasteiger partial charge is 0.407 e. The molecule has 2 aromatic carbocycles. The standard InChI is InChI=1S/C25H28N2O6/c1-32-16(13-23(28)27-12-6-11-22(27)24(29)30)14-26-25(31)33-15-21-19-9-4-2-7-17(19)18-8-3-5-10-20(18)21/h2-5,7-10,16,21-22H,6,11-15H2,1H3,(H,26,31)(H,29,30)/t16?,22-/m0/s1. The van der Waals surface area contributed by atoms with Crippen molar-refractivity contribution >= 4 is 18.0 Å². The molecule has 8 heteroatoms. The maximum absolute atomic E-state index is 12.5. The first-order valence-corrected chi connectivity index (χ1v) is 11.1. The molecule has 2 amide bonds. The summed E-state index contributed by atoms with van der Waals surface area (Å²) in [5.74, 6) is -1.32. The Morgan fingerprint density at radius 1 is 1.09 bits per heavy atom. The number of alkyl carbamates (subject to hydrolysis) is 1. The monoisotopic (exact) mass is 452 g/mol. The van der Waals surface area contributed by atoms with E-state index in [1.165, 1.54) is 12.0 Å². The van der Waals surface area contributed by atoms with E-state index in [9.17, 15) is 19.5 Å². The van der Waals surface area contributed by atoms with Gasteiger partial charge < -0.3 is 24.8 Å². The number of carbonyl (C=O) groups excluding carboxylic acids is 2. The van der Waals surface area contributed by atoms with Gasteiger partial charge in [-0.05, 0) is 35.1 Å². The van der Waals surface area contributed by atoms with Gasteiger partial charge in [-0.15, -0.1) is 0 Å². The summed E-state index contributed by atoms with van der Waals surface area (Å²) in [5, 5.41) is 11.9. The fourth-order valence-electron chi connectivity index (χ4n) is 4.72. The third-order valence-corrected chi connectivity index (χ3v) is 6.41. The average molecular weight is 453 g/mol. The van der Waals surface area contributed by atoms with Crippen LogP contribution < -0.4 is 5.32 Å². The zero-order valence-electron chi connectivity index (χ0n) is 18.5. The van der Waals surface area contributed by atoms with Crippen molar-refractivity contribution in [1.82, 2.24) is 10.2 Å². The fraction of sp³-hybridized carbons (Fsp3) is 0.400. The number of ether oxygens (including phenoxy) is 2. The minimum absolute atomic E-state index is 0.00998. The van der Waals surface area contributed by atoms with Crippen molar-refractivity contribution in [3.63, 3.8) is 0 Å². The molecular formula is C25H28N2O6. The summed E-state index contributed by atoms with van der Waals surface area (Å²) in [6.45, 7) is 0.709. The number of aliphatic carboxylic acids is 1. The van der Waals surface area contributed by atoms with Gasteiger partial charge in [0.25, 0.3) is 0 Å². The molecule has 8 nitrogen and oxygen atoms in total. The number of nitrogens with one attached hydrogen (secondary N) is 1. The molecule has 0 spiro atoms. The number of fused-ring (bicyclic) bond motifs is 3. The Labute approximate surface area is 192 Å². The van der Waals surface area contributed by atoms with Gasteiger partial charge in [0.2, 0.25) is 5.91 Å². The Hall–Kier alpha value is -3.39. The lowest BCUT2D eigenvalue weighted by Crippen LogP contribution is -2.43. The molecule has 1 aliphatic carbocycles. The van der Waals surface area contributed by atoms with E-state index in [0.29, 0.717) is 19.4 Å². The molecule has 33 heavy (non-hydrogen) atoms. The molecule has 1 fully saturated rings. The molecule has 1 heterocycles. The topological polar surface area (TPSA) is 105 Å². The lowest BCUT2D eigenvalue weighted by atomic mass is 9.98. The highest BCUT2D eigenvalue weighted by atomic mass is 16.5. The third-order valence-electron chi connectivity index (χ3n) is 6.41. The van der Waals surface area contributed by atoms with Crippen LogP contribution in [-0.2, 0) is 19.1 Å². The van der Waals surface area contributed by atoms with E-state index in [-0.39, 0.29) is 31.4 Å². The van der Waals surface area contributed by atoms with E-state index in [1.807, 2.05) is 24.3 Å². The highest BCUT2D eigenvalue weighted by molar-refractivity contribution is 5.84. The van der Waals surface area contributed by atoms with E-state index in [2.05, 4.69) is 29.6 Å². The largest absolute Gasteiger partial charge is 0.480 e. The molecule has 0 saturated carbocycles. The number of nitrogens with zero attached hydrogens (tertiary/aromatic N) is 1. The molecule has 2 atom stereocenters. The number of methoxy groups -OCH3 is 1. The molecule has 1 saturated heterocycles. The number of carboxylic acid groups (broad SMARTS) is 1. The summed E-state index contributed by atoms with van der Waals surface area (Å²) >= 11 is 0. The van der Waals surface area contributed by atoms with Crippen molar-refractivity contribution in [2.45, 2.75) is 37.3 Å². The molecule has 0 aromatic heterocycles. The quantitative estimate of drug-likeness (QED) is 0.638. The van der Waals surface area contributed by atoms with Gasteiger partial charge >= 0.3 is 12.1 Å². The molecule has 0 bridgehead atoms. The van der Waals surface area contributed by atoms with Crippen LogP contribution >= 0.6 is 0 Å². The molecule has 4 rings (SSSR count). The van der Waals surface area contributed by atoms with Crippen molar-refractivity contribution in [1.29, 1.82) is 0 Å². The second-order valence-electron chi connectivity index (χ2n) is 8.35. The second-order valence-corrected chi connectivity index (χ2v) is 8.35. The maximum Gasteiger partial charge on any atom is 0.407 e. The number of rotatable bonds is 8. The van der Waals surface area contributed by atoms with Crippen molar-refractivity contribution in [3.8, 4) is 11.1 Å². The first-order chi connectivity index (χ1) is 16.0. The van der Waals surface area contributed by atoms with E-state index in [0.717, 1.165) is 22.3 Å². The van der Waals surface area contributed by atoms with E-state index >= 15 is 0 Å². The summed E-state index contributed by atoms with van der Waals surface area (Å²) < 4.78 is 10.8. The summed E-state index contributed by atoms with van der Waals surface area (Å²) in [6.07, 6.45) is -0.0529. The van der Waals surface area contributed by atoms with Crippen molar-refractivity contribution in [2.75, 3.05) is 26.8 Å². The predicted molar refractivity (Wildman–Crippen MR) is 121 cm³/mol. The van der Waals surface area contributed by atoms with Gasteiger partial charge in [-0.3, -0.25) is 4.79 Å². The van der Waals surface area contributed by atoms with Crippen LogP contribution in [-0.4, -0.2) is 66.9 Å². The molecule has 2 N–H and O–H groups in total. The van der Waals surface area contributed by atoms with Crippen LogP contribution in [0.5, 0.6) is 0 Å². The van der Waals surface area contributed by atoms with Crippen molar-refractivity contribution in [2.24, 2.45) is 0 Å². The number of hydrogen-bond donors (Lipinski definition) is 2. The molecular weight excluding hydrogens is 424 g/mol. The molecule has 0 radical (unpaired) electrons. The predicted octanol–water partition coefficient (Wildman–Crippen LogP) is 3.01. The van der Waals surface area contributed by atoms with Crippen LogP contribution in [0.4, 0.5) is 4.79 Å². The molecule has 2 aromatic rings. The van der Waals surface area contributed by atoms with Gasteiger partial charge in [-0.1, -0.05) is 48.5 Å². The van der Waals surface area contributed by atoms with Gasteiger partial charge in [-0.2, -0.15) is 0 Å².